The highest BCUT2D eigenvalue weighted by Gasteiger charge is 2.28. The van der Waals surface area contributed by atoms with Crippen LogP contribution in [0.5, 0.6) is 0 Å². The van der Waals surface area contributed by atoms with Crippen molar-refractivity contribution >= 4 is 29.3 Å². The Balaban J connectivity index is 0.00000161. The van der Waals surface area contributed by atoms with Crippen LogP contribution in [0.15, 0.2) is 28.7 Å². The Morgan fingerprint density at radius 2 is 2.14 bits per heavy atom. The molecular formula is C16H21ClN2O2. The summed E-state index contributed by atoms with van der Waals surface area (Å²) in [6.45, 7) is 6.37. The third-order valence-corrected chi connectivity index (χ3v) is 4.30. The molecule has 3 rings (SSSR count). The van der Waals surface area contributed by atoms with E-state index in [4.69, 9.17) is 4.42 Å². The van der Waals surface area contributed by atoms with E-state index >= 15 is 0 Å². The summed E-state index contributed by atoms with van der Waals surface area (Å²) in [6, 6.07) is 7.96. The maximum atomic E-state index is 12.1. The molecule has 1 fully saturated rings. The van der Waals surface area contributed by atoms with Gasteiger partial charge in [-0.15, -0.1) is 12.4 Å². The number of hydrogen-bond donors (Lipinski definition) is 2. The minimum absolute atomic E-state index is 0. The smallest absolute Gasteiger partial charge is 0.223 e. The molecule has 1 amide bonds. The first-order chi connectivity index (χ1) is 9.66. The quantitative estimate of drug-likeness (QED) is 0.913. The van der Waals surface area contributed by atoms with Crippen LogP contribution in [0, 0.1) is 18.8 Å². The second-order valence-electron chi connectivity index (χ2n) is 5.57. The Kier molecular flexibility index (Phi) is 4.91. The van der Waals surface area contributed by atoms with E-state index < -0.39 is 0 Å². The Hall–Kier alpha value is -1.52. The molecule has 1 aromatic heterocycles. The summed E-state index contributed by atoms with van der Waals surface area (Å²) in [5.41, 5.74) is 1.99. The van der Waals surface area contributed by atoms with Crippen LogP contribution in [0.25, 0.3) is 11.0 Å². The van der Waals surface area contributed by atoms with Crippen LogP contribution in [-0.2, 0) is 11.3 Å². The van der Waals surface area contributed by atoms with Crippen LogP contribution < -0.4 is 10.6 Å². The van der Waals surface area contributed by atoms with Gasteiger partial charge in [-0.1, -0.05) is 25.1 Å². The van der Waals surface area contributed by atoms with E-state index in [1.807, 2.05) is 38.1 Å². The predicted octanol–water partition coefficient (Wildman–Crippen LogP) is 2.63. The van der Waals surface area contributed by atoms with Gasteiger partial charge in [-0.25, -0.2) is 0 Å². The first-order valence-electron chi connectivity index (χ1n) is 7.12. The van der Waals surface area contributed by atoms with Crippen LogP contribution in [0.1, 0.15) is 18.2 Å². The number of rotatable bonds is 4. The molecule has 0 spiro atoms. The van der Waals surface area contributed by atoms with E-state index in [-0.39, 0.29) is 24.2 Å². The SMILES string of the molecule is Cc1c(CNC(=O)C(C)C2CNC2)oc2ccccc12.Cl. The highest BCUT2D eigenvalue weighted by Crippen LogP contribution is 2.25. The van der Waals surface area contributed by atoms with Gasteiger partial charge >= 0.3 is 0 Å². The molecule has 1 saturated heterocycles. The number of carbonyl (C=O) groups is 1. The third kappa shape index (κ3) is 3.06. The number of fused-ring (bicyclic) bond motifs is 1. The van der Waals surface area contributed by atoms with E-state index in [1.54, 1.807) is 0 Å². The molecule has 0 aliphatic carbocycles. The molecule has 1 aliphatic heterocycles. The van der Waals surface area contributed by atoms with E-state index in [9.17, 15) is 4.79 Å². The Morgan fingerprint density at radius 3 is 2.76 bits per heavy atom. The summed E-state index contributed by atoms with van der Waals surface area (Å²) >= 11 is 0. The molecular weight excluding hydrogens is 288 g/mol. The lowest BCUT2D eigenvalue weighted by molar-refractivity contribution is -0.126. The molecule has 2 heterocycles. The van der Waals surface area contributed by atoms with Crippen LogP contribution in [-0.4, -0.2) is 19.0 Å². The van der Waals surface area contributed by atoms with E-state index in [0.717, 1.165) is 35.4 Å². The number of aryl methyl sites for hydroxylation is 1. The summed E-state index contributed by atoms with van der Waals surface area (Å²) in [5, 5.41) is 7.31. The van der Waals surface area contributed by atoms with Gasteiger partial charge in [-0.3, -0.25) is 4.79 Å². The summed E-state index contributed by atoms with van der Waals surface area (Å²) in [6.07, 6.45) is 0. The van der Waals surface area contributed by atoms with Gasteiger partial charge in [0, 0.05) is 16.9 Å². The van der Waals surface area contributed by atoms with Gasteiger partial charge in [0.05, 0.1) is 6.54 Å². The van der Waals surface area contributed by atoms with Gasteiger partial charge in [0.15, 0.2) is 0 Å². The largest absolute Gasteiger partial charge is 0.459 e. The average Bonchev–Trinajstić information content (AvgIpc) is 2.71. The fourth-order valence-corrected chi connectivity index (χ4v) is 2.60. The molecule has 0 bridgehead atoms. The van der Waals surface area contributed by atoms with Crippen molar-refractivity contribution in [2.75, 3.05) is 13.1 Å². The molecule has 0 radical (unpaired) electrons. The lowest BCUT2D eigenvalue weighted by atomic mass is 9.88. The van der Waals surface area contributed by atoms with Crippen molar-refractivity contribution in [2.45, 2.75) is 20.4 Å². The number of furan rings is 1. The third-order valence-electron chi connectivity index (χ3n) is 4.30. The average molecular weight is 309 g/mol. The standard InChI is InChI=1S/C16H20N2O2.ClH/c1-10(12-7-17-8-12)16(19)18-9-15-11(2)13-5-3-4-6-14(13)20-15;/h3-6,10,12,17H,7-9H2,1-2H3,(H,18,19);1H. The maximum Gasteiger partial charge on any atom is 0.223 e. The second kappa shape index (κ2) is 6.50. The molecule has 1 aromatic carbocycles. The second-order valence-corrected chi connectivity index (χ2v) is 5.57. The molecule has 1 unspecified atom stereocenters. The van der Waals surface area contributed by atoms with Crippen LogP contribution >= 0.6 is 12.4 Å². The van der Waals surface area contributed by atoms with E-state index in [2.05, 4.69) is 10.6 Å². The molecule has 21 heavy (non-hydrogen) atoms. The summed E-state index contributed by atoms with van der Waals surface area (Å²) in [7, 11) is 0. The first kappa shape index (κ1) is 15.9. The van der Waals surface area contributed by atoms with Crippen molar-refractivity contribution in [2.24, 2.45) is 11.8 Å². The highest BCUT2D eigenvalue weighted by atomic mass is 35.5. The van der Waals surface area contributed by atoms with Crippen LogP contribution in [0.3, 0.4) is 0 Å². The van der Waals surface area contributed by atoms with Crippen LogP contribution in [0.2, 0.25) is 0 Å². The van der Waals surface area contributed by atoms with Crippen molar-refractivity contribution < 1.29 is 9.21 Å². The molecule has 4 nitrogen and oxygen atoms in total. The first-order valence-corrected chi connectivity index (χ1v) is 7.12. The lowest BCUT2D eigenvalue weighted by Crippen LogP contribution is -2.49. The molecule has 5 heteroatoms. The van der Waals surface area contributed by atoms with Gasteiger partial charge in [0.25, 0.3) is 0 Å². The number of halogens is 1. The molecule has 114 valence electrons. The van der Waals surface area contributed by atoms with Gasteiger partial charge in [0.1, 0.15) is 11.3 Å². The predicted molar refractivity (Wildman–Crippen MR) is 85.6 cm³/mol. The zero-order valence-electron chi connectivity index (χ0n) is 12.3. The molecule has 2 aromatic rings. The molecule has 0 saturated carbocycles. The van der Waals surface area contributed by atoms with Gasteiger partial charge in [0.2, 0.25) is 5.91 Å². The summed E-state index contributed by atoms with van der Waals surface area (Å²) in [4.78, 5) is 12.1. The molecule has 2 N–H and O–H groups in total. The van der Waals surface area contributed by atoms with Crippen LogP contribution in [0.4, 0.5) is 0 Å². The van der Waals surface area contributed by atoms with Crippen molar-refractivity contribution in [1.82, 2.24) is 10.6 Å². The summed E-state index contributed by atoms with van der Waals surface area (Å²) in [5.74, 6) is 1.47. The topological polar surface area (TPSA) is 54.3 Å². The van der Waals surface area contributed by atoms with Crippen molar-refractivity contribution in [1.29, 1.82) is 0 Å². The fourth-order valence-electron chi connectivity index (χ4n) is 2.60. The monoisotopic (exact) mass is 308 g/mol. The lowest BCUT2D eigenvalue weighted by Gasteiger charge is -2.31. The number of para-hydroxylation sites is 1. The number of benzene rings is 1. The van der Waals surface area contributed by atoms with Gasteiger partial charge < -0.3 is 15.1 Å². The minimum Gasteiger partial charge on any atom is -0.459 e. The Morgan fingerprint density at radius 1 is 1.43 bits per heavy atom. The van der Waals surface area contributed by atoms with E-state index in [0.29, 0.717) is 12.5 Å². The molecule has 1 aliphatic rings. The van der Waals surface area contributed by atoms with Crippen molar-refractivity contribution in [3.63, 3.8) is 0 Å². The highest BCUT2D eigenvalue weighted by molar-refractivity contribution is 5.85. The van der Waals surface area contributed by atoms with Gasteiger partial charge in [-0.05, 0) is 32.0 Å². The van der Waals surface area contributed by atoms with Crippen molar-refractivity contribution in [3.05, 3.63) is 35.6 Å². The number of amides is 1. The zero-order chi connectivity index (χ0) is 14.1. The Labute approximate surface area is 130 Å². The Bertz CT molecular complexity index is 634. The normalized spacial score (nSPS) is 16.1. The number of carbonyl (C=O) groups excluding carboxylic acids is 1. The molecule has 1 atom stereocenters. The number of hydrogen-bond acceptors (Lipinski definition) is 3. The van der Waals surface area contributed by atoms with E-state index in [1.165, 1.54) is 0 Å². The zero-order valence-corrected chi connectivity index (χ0v) is 13.1. The summed E-state index contributed by atoms with van der Waals surface area (Å²) < 4.78 is 5.80. The number of nitrogens with one attached hydrogen (secondary N) is 2. The fraction of sp³-hybridized carbons (Fsp3) is 0.438. The maximum absolute atomic E-state index is 12.1. The minimum atomic E-state index is 0. The van der Waals surface area contributed by atoms with Gasteiger partial charge in [-0.2, -0.15) is 0 Å². The van der Waals surface area contributed by atoms with Crippen molar-refractivity contribution in [3.8, 4) is 0 Å².